The number of aliphatic carboxylic acids is 1. The minimum absolute atomic E-state index is 0.260. The van der Waals surface area contributed by atoms with Gasteiger partial charge in [-0.15, -0.1) is 0 Å². The Morgan fingerprint density at radius 1 is 1.19 bits per heavy atom. The number of hydrogen-bond donors (Lipinski definition) is 6. The lowest BCUT2D eigenvalue weighted by Crippen LogP contribution is -2.52. The summed E-state index contributed by atoms with van der Waals surface area (Å²) in [5, 5.41) is 48.3. The molecule has 10 heteroatoms. The zero-order valence-electron chi connectivity index (χ0n) is 14.7. The van der Waals surface area contributed by atoms with Crippen LogP contribution < -0.4 is 5.73 Å². The van der Waals surface area contributed by atoms with E-state index in [-0.39, 0.29) is 13.2 Å². The summed E-state index contributed by atoms with van der Waals surface area (Å²) >= 11 is 0. The van der Waals surface area contributed by atoms with Gasteiger partial charge in [-0.3, -0.25) is 9.59 Å². The van der Waals surface area contributed by atoms with Gasteiger partial charge in [0.25, 0.3) is 0 Å². The molecule has 0 unspecified atom stereocenters. The van der Waals surface area contributed by atoms with Crippen LogP contribution >= 0.6 is 0 Å². The highest BCUT2D eigenvalue weighted by Gasteiger charge is 2.34. The Morgan fingerprint density at radius 2 is 1.85 bits per heavy atom. The van der Waals surface area contributed by atoms with Crippen molar-refractivity contribution in [1.82, 2.24) is 4.90 Å². The lowest BCUT2D eigenvalue weighted by Gasteiger charge is -2.33. The van der Waals surface area contributed by atoms with Crippen LogP contribution in [0, 0.1) is 0 Å². The first-order valence-electron chi connectivity index (χ1n) is 8.80. The molecule has 0 spiro atoms. The van der Waals surface area contributed by atoms with Crippen LogP contribution in [0.3, 0.4) is 0 Å². The number of carbonyl (C=O) groups excluding carboxylic acids is 1. The summed E-state index contributed by atoms with van der Waals surface area (Å²) in [6.45, 7) is -0.348. The normalized spacial score (nSPS) is 28.5. The van der Waals surface area contributed by atoms with Crippen molar-refractivity contribution in [3.8, 4) is 0 Å². The Labute approximate surface area is 152 Å². The molecule has 1 fully saturated rings. The molecule has 1 amide bonds. The molecule has 1 aliphatic heterocycles. The van der Waals surface area contributed by atoms with Gasteiger partial charge in [0, 0.05) is 19.7 Å². The van der Waals surface area contributed by atoms with E-state index in [1.165, 1.54) is 4.90 Å². The number of carboxylic acids is 1. The molecule has 0 aromatic rings. The largest absolute Gasteiger partial charge is 0.480 e. The predicted molar refractivity (Wildman–Crippen MR) is 90.1 cm³/mol. The van der Waals surface area contributed by atoms with Gasteiger partial charge in [-0.2, -0.15) is 0 Å². The van der Waals surface area contributed by atoms with Crippen molar-refractivity contribution in [2.45, 2.75) is 62.6 Å². The second-order valence-electron chi connectivity index (χ2n) is 6.55. The summed E-state index contributed by atoms with van der Waals surface area (Å²) < 4.78 is 5.42. The number of aliphatic hydroxyl groups excluding tert-OH is 4. The zero-order valence-corrected chi connectivity index (χ0v) is 14.7. The average Bonchev–Trinajstić information content (AvgIpc) is 2.60. The van der Waals surface area contributed by atoms with Crippen LogP contribution in [0.1, 0.15) is 32.1 Å². The van der Waals surface area contributed by atoms with Gasteiger partial charge < -0.3 is 40.9 Å². The van der Waals surface area contributed by atoms with Gasteiger partial charge in [0.1, 0.15) is 30.5 Å². The Hall–Kier alpha value is -1.30. The van der Waals surface area contributed by atoms with E-state index in [0.29, 0.717) is 19.4 Å². The second kappa shape index (κ2) is 11.4. The lowest BCUT2D eigenvalue weighted by atomic mass is 10.0. The predicted octanol–water partition coefficient (Wildman–Crippen LogP) is -2.35. The van der Waals surface area contributed by atoms with Gasteiger partial charge in [-0.05, 0) is 12.8 Å². The summed E-state index contributed by atoms with van der Waals surface area (Å²) in [4.78, 5) is 24.4. The Bertz CT molecular complexity index is 450. The van der Waals surface area contributed by atoms with Crippen molar-refractivity contribution in [3.63, 3.8) is 0 Å². The fourth-order valence-corrected chi connectivity index (χ4v) is 2.79. The molecule has 0 aromatic carbocycles. The number of ether oxygens (including phenoxy) is 1. The average molecular weight is 378 g/mol. The first-order chi connectivity index (χ1) is 12.3. The molecule has 152 valence electrons. The topological polar surface area (TPSA) is 174 Å². The van der Waals surface area contributed by atoms with Crippen molar-refractivity contribution in [2.24, 2.45) is 5.73 Å². The highest BCUT2D eigenvalue weighted by atomic mass is 16.5. The van der Waals surface area contributed by atoms with Crippen LogP contribution in [0.15, 0.2) is 0 Å². The molecule has 1 saturated heterocycles. The quantitative estimate of drug-likeness (QED) is 0.306. The number of hydrogen-bond acceptors (Lipinski definition) is 8. The third kappa shape index (κ3) is 7.14. The molecular weight excluding hydrogens is 348 g/mol. The first-order valence-corrected chi connectivity index (χ1v) is 8.80. The smallest absolute Gasteiger partial charge is 0.321 e. The molecule has 7 N–H and O–H groups in total. The van der Waals surface area contributed by atoms with Gasteiger partial charge in [0.15, 0.2) is 0 Å². The summed E-state index contributed by atoms with van der Waals surface area (Å²) in [5.41, 5.74) is 5.40. The Balaban J connectivity index is 2.85. The summed E-state index contributed by atoms with van der Waals surface area (Å²) in [7, 11) is 0. The van der Waals surface area contributed by atoms with Crippen LogP contribution in [0.4, 0.5) is 0 Å². The number of aliphatic hydroxyl groups is 4. The monoisotopic (exact) mass is 378 g/mol. The highest BCUT2D eigenvalue weighted by Crippen LogP contribution is 2.15. The van der Waals surface area contributed by atoms with E-state index in [1.807, 2.05) is 0 Å². The standard InChI is InChI=1S/C16H30N2O8/c17-10(16(24)25)7-13(22)18-5-3-1-2-4-6-26-15(12(21)9-19)14(23)11(20)8-18/h10-12,14-15,19-21,23H,1-9,17H2,(H,24,25)/t10-,11+,12+,14+,15+/m0/s1. The van der Waals surface area contributed by atoms with E-state index in [0.717, 1.165) is 12.8 Å². The minimum Gasteiger partial charge on any atom is -0.480 e. The molecule has 0 bridgehead atoms. The minimum atomic E-state index is -1.53. The van der Waals surface area contributed by atoms with E-state index in [9.17, 15) is 24.9 Å². The lowest BCUT2D eigenvalue weighted by molar-refractivity contribution is -0.153. The number of carbonyl (C=O) groups is 2. The molecule has 0 aromatic heterocycles. The zero-order chi connectivity index (χ0) is 19.7. The van der Waals surface area contributed by atoms with Crippen molar-refractivity contribution >= 4 is 11.9 Å². The van der Waals surface area contributed by atoms with E-state index in [4.69, 9.17) is 20.7 Å². The van der Waals surface area contributed by atoms with Crippen molar-refractivity contribution in [3.05, 3.63) is 0 Å². The van der Waals surface area contributed by atoms with E-state index in [2.05, 4.69) is 0 Å². The molecule has 10 nitrogen and oxygen atoms in total. The summed E-state index contributed by atoms with van der Waals surface area (Å²) in [5.74, 6) is -1.84. The van der Waals surface area contributed by atoms with E-state index in [1.54, 1.807) is 0 Å². The fourth-order valence-electron chi connectivity index (χ4n) is 2.79. The molecule has 26 heavy (non-hydrogen) atoms. The van der Waals surface area contributed by atoms with Crippen molar-refractivity contribution in [2.75, 3.05) is 26.3 Å². The fraction of sp³-hybridized carbons (Fsp3) is 0.875. The van der Waals surface area contributed by atoms with Crippen molar-refractivity contribution in [1.29, 1.82) is 0 Å². The molecule has 5 atom stereocenters. The summed E-state index contributed by atoms with van der Waals surface area (Å²) in [6, 6.07) is -1.35. The molecule has 1 aliphatic rings. The van der Waals surface area contributed by atoms with Crippen LogP contribution in [-0.2, 0) is 14.3 Å². The molecule has 0 aliphatic carbocycles. The van der Waals surface area contributed by atoms with Crippen LogP contribution in [0.5, 0.6) is 0 Å². The molecule has 1 rings (SSSR count). The molecule has 0 saturated carbocycles. The number of carboxylic acid groups (broad SMARTS) is 1. The third-order valence-electron chi connectivity index (χ3n) is 4.40. The maximum absolute atomic E-state index is 12.3. The second-order valence-corrected chi connectivity index (χ2v) is 6.55. The number of nitrogens with two attached hydrogens (primary N) is 1. The Kier molecular flexibility index (Phi) is 9.99. The maximum atomic E-state index is 12.3. The van der Waals surface area contributed by atoms with Gasteiger partial charge in [0.05, 0.1) is 13.0 Å². The Morgan fingerprint density at radius 3 is 2.46 bits per heavy atom. The number of nitrogens with zero attached hydrogens (tertiary/aromatic N) is 1. The number of rotatable bonds is 5. The van der Waals surface area contributed by atoms with E-state index < -0.39 is 55.4 Å². The maximum Gasteiger partial charge on any atom is 0.321 e. The third-order valence-corrected chi connectivity index (χ3v) is 4.40. The first kappa shape index (κ1) is 22.7. The van der Waals surface area contributed by atoms with Gasteiger partial charge in [-0.1, -0.05) is 12.8 Å². The number of β-amino-alcohol motifs (C(OH)–C–C–N with tert-alkyl or cyclic N) is 1. The van der Waals surface area contributed by atoms with Crippen LogP contribution in [0.2, 0.25) is 0 Å². The molecule has 0 radical (unpaired) electrons. The highest BCUT2D eigenvalue weighted by molar-refractivity contribution is 5.84. The molecular formula is C16H30N2O8. The SMILES string of the molecule is N[C@@H](CC(=O)N1CCCCCCO[C@H]([C@H](O)CO)[C@H](O)[C@H](O)C1)C(=O)O. The van der Waals surface area contributed by atoms with Gasteiger partial charge in [0.2, 0.25) is 5.91 Å². The van der Waals surface area contributed by atoms with Crippen LogP contribution in [0.25, 0.3) is 0 Å². The summed E-state index contributed by atoms with van der Waals surface area (Å²) in [6.07, 6.45) is -3.06. The van der Waals surface area contributed by atoms with Crippen molar-refractivity contribution < 1.29 is 39.9 Å². The van der Waals surface area contributed by atoms with E-state index >= 15 is 0 Å². The van der Waals surface area contributed by atoms with Crippen LogP contribution in [-0.4, -0.2) is 99.1 Å². The number of amides is 1. The van der Waals surface area contributed by atoms with Gasteiger partial charge in [-0.25, -0.2) is 0 Å². The van der Waals surface area contributed by atoms with Gasteiger partial charge >= 0.3 is 5.97 Å². The molecule has 1 heterocycles.